The molecule has 0 saturated heterocycles. The van der Waals surface area contributed by atoms with Crippen LogP contribution in [0.25, 0.3) is 0 Å². The molecule has 11 heavy (non-hydrogen) atoms. The van der Waals surface area contributed by atoms with Gasteiger partial charge in [-0.3, -0.25) is 0 Å². The lowest BCUT2D eigenvalue weighted by Gasteiger charge is -2.11. The van der Waals surface area contributed by atoms with E-state index >= 15 is 0 Å². The molecule has 0 nitrogen and oxygen atoms in total. The van der Waals surface area contributed by atoms with E-state index in [1.165, 1.54) is 30.6 Å². The first-order valence-corrected chi connectivity index (χ1v) is 5.37. The molecule has 0 aromatic rings. The first-order valence-electron chi connectivity index (χ1n) is 5.37. The number of hydrogen-bond donors (Lipinski definition) is 0. The number of rotatable bonds is 3. The second-order valence-corrected chi connectivity index (χ2v) is 5.08. The van der Waals surface area contributed by atoms with E-state index in [0.717, 1.165) is 5.41 Å². The normalized spacial score (nSPS) is 57.0. The van der Waals surface area contributed by atoms with Gasteiger partial charge in [0.1, 0.15) is 0 Å². The van der Waals surface area contributed by atoms with Crippen molar-refractivity contribution in [3.63, 3.8) is 0 Å². The Morgan fingerprint density at radius 3 is 2.82 bits per heavy atom. The van der Waals surface area contributed by atoms with Crippen LogP contribution in [-0.2, 0) is 0 Å². The van der Waals surface area contributed by atoms with Gasteiger partial charge in [0.05, 0.1) is 0 Å². The second-order valence-electron chi connectivity index (χ2n) is 5.08. The molecule has 3 fully saturated rings. The van der Waals surface area contributed by atoms with Crippen LogP contribution in [-0.4, -0.2) is 0 Å². The third kappa shape index (κ3) is 0.711. The van der Waals surface area contributed by atoms with Crippen LogP contribution in [0.15, 0.2) is 0 Å². The molecular formula is C11H18. The zero-order chi connectivity index (χ0) is 7.47. The molecule has 0 heterocycles. The maximum atomic E-state index is 2.32. The summed E-state index contributed by atoms with van der Waals surface area (Å²) in [5.74, 6) is 3.61. The van der Waals surface area contributed by atoms with Crippen LogP contribution in [0.4, 0.5) is 0 Å². The molecule has 0 bridgehead atoms. The maximum absolute atomic E-state index is 2.32. The topological polar surface area (TPSA) is 0 Å². The maximum Gasteiger partial charge on any atom is -0.0232 e. The van der Waals surface area contributed by atoms with Crippen molar-refractivity contribution >= 4 is 0 Å². The summed E-state index contributed by atoms with van der Waals surface area (Å²) in [6, 6.07) is 0. The lowest BCUT2D eigenvalue weighted by atomic mass is 9.94. The molecule has 62 valence electrons. The highest BCUT2D eigenvalue weighted by molar-refractivity contribution is 5.24. The van der Waals surface area contributed by atoms with Crippen molar-refractivity contribution < 1.29 is 0 Å². The molecule has 3 aliphatic rings. The summed E-state index contributed by atoms with van der Waals surface area (Å²) < 4.78 is 0. The van der Waals surface area contributed by atoms with Gasteiger partial charge in [0.15, 0.2) is 0 Å². The van der Waals surface area contributed by atoms with Crippen LogP contribution in [0.2, 0.25) is 0 Å². The van der Waals surface area contributed by atoms with Gasteiger partial charge >= 0.3 is 0 Å². The van der Waals surface area contributed by atoms with E-state index in [2.05, 4.69) is 6.92 Å². The standard InChI is InChI=1S/C11H18/c1-2-3-4-8-5-9-6-11(9)7-10(8)11/h8-10H,2-7H2,1H3. The smallest absolute Gasteiger partial charge is 0.0232 e. The average molecular weight is 150 g/mol. The van der Waals surface area contributed by atoms with Gasteiger partial charge in [-0.15, -0.1) is 0 Å². The summed E-state index contributed by atoms with van der Waals surface area (Å²) in [6.45, 7) is 2.32. The fraction of sp³-hybridized carbons (Fsp3) is 1.00. The molecule has 4 atom stereocenters. The van der Waals surface area contributed by atoms with Gasteiger partial charge in [-0.25, -0.2) is 0 Å². The van der Waals surface area contributed by atoms with Crippen LogP contribution < -0.4 is 0 Å². The molecular weight excluding hydrogens is 132 g/mol. The van der Waals surface area contributed by atoms with E-state index in [0.29, 0.717) is 0 Å². The first kappa shape index (κ1) is 6.51. The van der Waals surface area contributed by atoms with Gasteiger partial charge in [0, 0.05) is 0 Å². The molecule has 3 aliphatic carbocycles. The van der Waals surface area contributed by atoms with E-state index in [-0.39, 0.29) is 0 Å². The van der Waals surface area contributed by atoms with Crippen molar-refractivity contribution in [2.24, 2.45) is 23.2 Å². The van der Waals surface area contributed by atoms with Crippen molar-refractivity contribution in [2.45, 2.75) is 45.4 Å². The minimum Gasteiger partial charge on any atom is -0.0654 e. The molecule has 0 aromatic heterocycles. The number of unbranched alkanes of at least 4 members (excludes halogenated alkanes) is 1. The Kier molecular flexibility index (Phi) is 1.09. The summed E-state index contributed by atoms with van der Waals surface area (Å²) in [5, 5.41) is 0. The Bertz CT molecular complexity index is 184. The zero-order valence-electron chi connectivity index (χ0n) is 7.47. The average Bonchev–Trinajstić information content (AvgIpc) is 2.87. The highest BCUT2D eigenvalue weighted by atomic mass is 14.8. The van der Waals surface area contributed by atoms with E-state index in [1.807, 2.05) is 0 Å². The zero-order valence-corrected chi connectivity index (χ0v) is 7.47. The van der Waals surface area contributed by atoms with Crippen molar-refractivity contribution in [1.29, 1.82) is 0 Å². The van der Waals surface area contributed by atoms with Gasteiger partial charge in [-0.1, -0.05) is 26.2 Å². The van der Waals surface area contributed by atoms with Gasteiger partial charge < -0.3 is 0 Å². The quantitative estimate of drug-likeness (QED) is 0.579. The number of hydrogen-bond acceptors (Lipinski definition) is 0. The first-order chi connectivity index (χ1) is 5.37. The van der Waals surface area contributed by atoms with E-state index < -0.39 is 0 Å². The SMILES string of the molecule is CCCCC1CC2CC23CC13. The molecule has 0 aromatic carbocycles. The Balaban J connectivity index is 1.58. The fourth-order valence-corrected chi connectivity index (χ4v) is 3.72. The fourth-order valence-electron chi connectivity index (χ4n) is 3.72. The Labute approximate surface area is 69.4 Å². The van der Waals surface area contributed by atoms with Gasteiger partial charge in [-0.2, -0.15) is 0 Å². The van der Waals surface area contributed by atoms with E-state index in [9.17, 15) is 0 Å². The minimum atomic E-state index is 0.998. The van der Waals surface area contributed by atoms with Crippen LogP contribution >= 0.6 is 0 Å². The second kappa shape index (κ2) is 1.84. The Hall–Kier alpha value is 0. The van der Waals surface area contributed by atoms with Gasteiger partial charge in [0.2, 0.25) is 0 Å². The molecule has 3 rings (SSSR count). The van der Waals surface area contributed by atoms with E-state index in [1.54, 1.807) is 25.7 Å². The predicted molar refractivity (Wildman–Crippen MR) is 46.3 cm³/mol. The Morgan fingerprint density at radius 2 is 2.27 bits per heavy atom. The monoisotopic (exact) mass is 150 g/mol. The van der Waals surface area contributed by atoms with Crippen LogP contribution in [0, 0.1) is 23.2 Å². The van der Waals surface area contributed by atoms with Crippen molar-refractivity contribution in [1.82, 2.24) is 0 Å². The third-order valence-corrected chi connectivity index (χ3v) is 4.54. The van der Waals surface area contributed by atoms with Crippen LogP contribution in [0.1, 0.15) is 45.4 Å². The molecule has 0 amide bonds. The van der Waals surface area contributed by atoms with Gasteiger partial charge in [-0.05, 0) is 42.4 Å². The lowest BCUT2D eigenvalue weighted by Crippen LogP contribution is -2.00. The highest BCUT2D eigenvalue weighted by Crippen LogP contribution is 2.83. The van der Waals surface area contributed by atoms with Gasteiger partial charge in [0.25, 0.3) is 0 Å². The molecule has 1 spiro atoms. The minimum absolute atomic E-state index is 0.998. The van der Waals surface area contributed by atoms with Crippen LogP contribution in [0.3, 0.4) is 0 Å². The molecule has 0 aliphatic heterocycles. The molecule has 0 heteroatoms. The summed E-state index contributed by atoms with van der Waals surface area (Å²) in [7, 11) is 0. The summed E-state index contributed by atoms with van der Waals surface area (Å²) in [6.07, 6.45) is 9.32. The van der Waals surface area contributed by atoms with Crippen LogP contribution in [0.5, 0.6) is 0 Å². The van der Waals surface area contributed by atoms with Crippen molar-refractivity contribution in [3.05, 3.63) is 0 Å². The molecule has 0 radical (unpaired) electrons. The van der Waals surface area contributed by atoms with Crippen molar-refractivity contribution in [3.8, 4) is 0 Å². The largest absolute Gasteiger partial charge is 0.0654 e. The van der Waals surface area contributed by atoms with E-state index in [4.69, 9.17) is 0 Å². The predicted octanol–water partition coefficient (Wildman–Crippen LogP) is 3.22. The summed E-state index contributed by atoms with van der Waals surface area (Å²) >= 11 is 0. The summed E-state index contributed by atoms with van der Waals surface area (Å²) in [5.41, 5.74) is 0.998. The molecule has 4 unspecified atom stereocenters. The van der Waals surface area contributed by atoms with Crippen molar-refractivity contribution in [2.75, 3.05) is 0 Å². The molecule has 0 N–H and O–H groups in total. The molecule has 3 saturated carbocycles. The lowest BCUT2D eigenvalue weighted by molar-refractivity contribution is 0.398. The summed E-state index contributed by atoms with van der Waals surface area (Å²) in [4.78, 5) is 0. The highest BCUT2D eigenvalue weighted by Gasteiger charge is 2.76. The third-order valence-electron chi connectivity index (χ3n) is 4.54. The Morgan fingerprint density at radius 1 is 1.36 bits per heavy atom.